The number of carbonyl (C=O) groups is 2. The van der Waals surface area contributed by atoms with E-state index in [1.165, 1.54) is 6.08 Å². The van der Waals surface area contributed by atoms with Gasteiger partial charge in [-0.05, 0) is 19.4 Å². The van der Waals surface area contributed by atoms with Crippen molar-refractivity contribution in [2.24, 2.45) is 5.41 Å². The number of allylic oxidation sites excluding steroid dienone is 2. The zero-order valence-electron chi connectivity index (χ0n) is 9.90. The van der Waals surface area contributed by atoms with E-state index in [0.717, 1.165) is 5.56 Å². The minimum absolute atomic E-state index is 0.195. The molecule has 0 unspecified atom stereocenters. The van der Waals surface area contributed by atoms with Crippen molar-refractivity contribution in [1.29, 1.82) is 0 Å². The van der Waals surface area contributed by atoms with Gasteiger partial charge in [-0.25, -0.2) is 0 Å². The SMILES string of the molecule is CC1(C)C(=O)C=C(Cc2ccccc2)OC1=O. The normalized spacial score (nSPS) is 18.6. The van der Waals surface area contributed by atoms with Crippen molar-refractivity contribution in [2.75, 3.05) is 0 Å². The molecule has 0 fully saturated rings. The summed E-state index contributed by atoms with van der Waals surface area (Å²) in [6.07, 6.45) is 1.89. The van der Waals surface area contributed by atoms with E-state index in [1.807, 2.05) is 30.3 Å². The Kier molecular flexibility index (Phi) is 2.84. The molecule has 0 aromatic heterocycles. The molecule has 1 aromatic rings. The molecule has 3 heteroatoms. The van der Waals surface area contributed by atoms with E-state index in [1.54, 1.807) is 13.8 Å². The molecule has 0 radical (unpaired) electrons. The molecule has 1 aliphatic heterocycles. The molecule has 3 nitrogen and oxygen atoms in total. The van der Waals surface area contributed by atoms with E-state index < -0.39 is 11.4 Å². The molecular formula is C14H14O3. The topological polar surface area (TPSA) is 43.4 Å². The second-order valence-electron chi connectivity index (χ2n) is 4.65. The van der Waals surface area contributed by atoms with Gasteiger partial charge in [-0.15, -0.1) is 0 Å². The van der Waals surface area contributed by atoms with Gasteiger partial charge in [0, 0.05) is 12.5 Å². The van der Waals surface area contributed by atoms with Crippen LogP contribution < -0.4 is 0 Å². The van der Waals surface area contributed by atoms with E-state index in [9.17, 15) is 9.59 Å². The number of carbonyl (C=O) groups excluding carboxylic acids is 2. The Labute approximate surface area is 100 Å². The Morgan fingerprint density at radius 3 is 2.35 bits per heavy atom. The Bertz CT molecular complexity index is 483. The van der Waals surface area contributed by atoms with Crippen LogP contribution in [-0.2, 0) is 20.7 Å². The lowest BCUT2D eigenvalue weighted by molar-refractivity contribution is -0.155. The van der Waals surface area contributed by atoms with Crippen LogP contribution in [-0.4, -0.2) is 11.8 Å². The molecule has 0 atom stereocenters. The minimum Gasteiger partial charge on any atom is -0.430 e. The summed E-state index contributed by atoms with van der Waals surface area (Å²) in [6.45, 7) is 3.15. The summed E-state index contributed by atoms with van der Waals surface area (Å²) in [5.74, 6) is -0.249. The third kappa shape index (κ3) is 2.28. The van der Waals surface area contributed by atoms with Crippen LogP contribution in [0.15, 0.2) is 42.2 Å². The Balaban J connectivity index is 2.20. The van der Waals surface area contributed by atoms with Gasteiger partial charge in [0.1, 0.15) is 11.2 Å². The van der Waals surface area contributed by atoms with Crippen LogP contribution in [0.25, 0.3) is 0 Å². The van der Waals surface area contributed by atoms with Gasteiger partial charge in [0.15, 0.2) is 5.78 Å². The van der Waals surface area contributed by atoms with Crippen molar-refractivity contribution in [1.82, 2.24) is 0 Å². The maximum Gasteiger partial charge on any atom is 0.324 e. The first-order chi connectivity index (χ1) is 8.00. The molecule has 0 amide bonds. The van der Waals surface area contributed by atoms with Crippen LogP contribution in [0, 0.1) is 5.41 Å². The van der Waals surface area contributed by atoms with Gasteiger partial charge in [0.25, 0.3) is 0 Å². The van der Waals surface area contributed by atoms with Crippen LogP contribution in [0.1, 0.15) is 19.4 Å². The van der Waals surface area contributed by atoms with Crippen LogP contribution in [0.2, 0.25) is 0 Å². The minimum atomic E-state index is -1.06. The summed E-state index contributed by atoms with van der Waals surface area (Å²) in [5.41, 5.74) is -0.0424. The first-order valence-corrected chi connectivity index (χ1v) is 5.51. The fourth-order valence-corrected chi connectivity index (χ4v) is 1.59. The third-order valence-corrected chi connectivity index (χ3v) is 2.86. The maximum absolute atomic E-state index is 11.7. The van der Waals surface area contributed by atoms with Crippen LogP contribution >= 0.6 is 0 Å². The fourth-order valence-electron chi connectivity index (χ4n) is 1.59. The number of ether oxygens (including phenoxy) is 1. The van der Waals surface area contributed by atoms with Crippen molar-refractivity contribution >= 4 is 11.8 Å². The summed E-state index contributed by atoms with van der Waals surface area (Å²) in [6, 6.07) is 9.59. The highest BCUT2D eigenvalue weighted by molar-refractivity contribution is 6.10. The number of cyclic esters (lactones) is 1. The Morgan fingerprint density at radius 2 is 1.76 bits per heavy atom. The lowest BCUT2D eigenvalue weighted by Gasteiger charge is -2.25. The number of esters is 1. The predicted molar refractivity (Wildman–Crippen MR) is 63.1 cm³/mol. The standard InChI is InChI=1S/C14H14O3/c1-14(2)12(15)9-11(17-13(14)16)8-10-6-4-3-5-7-10/h3-7,9H,8H2,1-2H3. The molecule has 1 heterocycles. The summed E-state index contributed by atoms with van der Waals surface area (Å²) in [7, 11) is 0. The highest BCUT2D eigenvalue weighted by Gasteiger charge is 2.40. The lowest BCUT2D eigenvalue weighted by atomic mass is 9.86. The van der Waals surface area contributed by atoms with E-state index in [-0.39, 0.29) is 5.78 Å². The quantitative estimate of drug-likeness (QED) is 0.578. The second kappa shape index (κ2) is 4.17. The van der Waals surface area contributed by atoms with Crippen LogP contribution in [0.5, 0.6) is 0 Å². The molecule has 0 spiro atoms. The monoisotopic (exact) mass is 230 g/mol. The molecule has 0 aliphatic carbocycles. The first-order valence-electron chi connectivity index (χ1n) is 5.51. The zero-order chi connectivity index (χ0) is 12.5. The Morgan fingerprint density at radius 1 is 1.12 bits per heavy atom. The molecule has 0 N–H and O–H groups in total. The second-order valence-corrected chi connectivity index (χ2v) is 4.65. The van der Waals surface area contributed by atoms with Crippen LogP contribution in [0.4, 0.5) is 0 Å². The van der Waals surface area contributed by atoms with Crippen molar-refractivity contribution < 1.29 is 14.3 Å². The van der Waals surface area contributed by atoms with Gasteiger partial charge >= 0.3 is 5.97 Å². The first kappa shape index (κ1) is 11.6. The highest BCUT2D eigenvalue weighted by atomic mass is 16.5. The average molecular weight is 230 g/mol. The lowest BCUT2D eigenvalue weighted by Crippen LogP contribution is -2.37. The molecule has 0 saturated heterocycles. The van der Waals surface area contributed by atoms with Crippen LogP contribution in [0.3, 0.4) is 0 Å². The molecule has 88 valence electrons. The van der Waals surface area contributed by atoms with E-state index in [2.05, 4.69) is 0 Å². The molecule has 17 heavy (non-hydrogen) atoms. The number of benzene rings is 1. The van der Waals surface area contributed by atoms with Crippen molar-refractivity contribution in [2.45, 2.75) is 20.3 Å². The fraction of sp³-hybridized carbons (Fsp3) is 0.286. The molecule has 1 aliphatic rings. The van der Waals surface area contributed by atoms with Crippen molar-refractivity contribution in [3.05, 3.63) is 47.7 Å². The molecule has 1 aromatic carbocycles. The summed E-state index contributed by atoms with van der Waals surface area (Å²) in [5, 5.41) is 0. The molecular weight excluding hydrogens is 216 g/mol. The van der Waals surface area contributed by atoms with Gasteiger partial charge in [0.05, 0.1) is 0 Å². The van der Waals surface area contributed by atoms with Gasteiger partial charge in [-0.1, -0.05) is 30.3 Å². The summed E-state index contributed by atoms with van der Waals surface area (Å²) in [4.78, 5) is 23.4. The number of ketones is 1. The maximum atomic E-state index is 11.7. The summed E-state index contributed by atoms with van der Waals surface area (Å²) < 4.78 is 5.18. The average Bonchev–Trinajstić information content (AvgIpc) is 2.28. The number of hydrogen-bond donors (Lipinski definition) is 0. The molecule has 0 saturated carbocycles. The van der Waals surface area contributed by atoms with Crippen molar-refractivity contribution in [3.8, 4) is 0 Å². The third-order valence-electron chi connectivity index (χ3n) is 2.86. The van der Waals surface area contributed by atoms with E-state index >= 15 is 0 Å². The number of hydrogen-bond acceptors (Lipinski definition) is 3. The van der Waals surface area contributed by atoms with E-state index in [4.69, 9.17) is 4.74 Å². The van der Waals surface area contributed by atoms with Gasteiger partial charge in [0.2, 0.25) is 0 Å². The highest BCUT2D eigenvalue weighted by Crippen LogP contribution is 2.27. The van der Waals surface area contributed by atoms with E-state index in [0.29, 0.717) is 12.2 Å². The molecule has 2 rings (SSSR count). The Hall–Kier alpha value is -1.90. The van der Waals surface area contributed by atoms with Gasteiger partial charge in [-0.3, -0.25) is 9.59 Å². The predicted octanol–water partition coefficient (Wildman–Crippen LogP) is 2.27. The summed E-state index contributed by atoms with van der Waals surface area (Å²) >= 11 is 0. The van der Waals surface area contributed by atoms with Gasteiger partial charge < -0.3 is 4.74 Å². The molecule has 0 bridgehead atoms. The zero-order valence-corrected chi connectivity index (χ0v) is 9.90. The number of rotatable bonds is 2. The van der Waals surface area contributed by atoms with Crippen molar-refractivity contribution in [3.63, 3.8) is 0 Å². The largest absolute Gasteiger partial charge is 0.430 e. The van der Waals surface area contributed by atoms with Gasteiger partial charge in [-0.2, -0.15) is 0 Å². The smallest absolute Gasteiger partial charge is 0.324 e.